The smallest absolute Gasteiger partial charge is 0.244 e. The van der Waals surface area contributed by atoms with Crippen molar-refractivity contribution in [1.82, 2.24) is 0 Å². The van der Waals surface area contributed by atoms with E-state index in [2.05, 4.69) is 5.32 Å². The summed E-state index contributed by atoms with van der Waals surface area (Å²) in [5, 5.41) is 2.21. The molecular weight excluding hydrogens is 226 g/mol. The summed E-state index contributed by atoms with van der Waals surface area (Å²) in [5.41, 5.74) is 4.28. The molecule has 0 bridgehead atoms. The molecule has 0 aliphatic carbocycles. The van der Waals surface area contributed by atoms with Gasteiger partial charge in [0.25, 0.3) is 0 Å². The molecule has 1 amide bonds. The topological polar surface area (TPSA) is 55.1 Å². The predicted molar refractivity (Wildman–Crippen MR) is 62.5 cm³/mol. The van der Waals surface area contributed by atoms with Crippen LogP contribution in [0.25, 0.3) is 0 Å². The molecule has 0 heterocycles. The fourth-order valence-electron chi connectivity index (χ4n) is 1.43. The maximum atomic E-state index is 13.3. The van der Waals surface area contributed by atoms with Gasteiger partial charge in [-0.2, -0.15) is 0 Å². The lowest BCUT2D eigenvalue weighted by atomic mass is 9.93. The number of benzene rings is 1. The van der Waals surface area contributed by atoms with Gasteiger partial charge >= 0.3 is 0 Å². The van der Waals surface area contributed by atoms with E-state index in [1.165, 1.54) is 6.07 Å². The van der Waals surface area contributed by atoms with Crippen LogP contribution in [-0.2, 0) is 4.79 Å². The lowest BCUT2D eigenvalue weighted by Crippen LogP contribution is -2.50. The average Bonchev–Trinajstić information content (AvgIpc) is 2.32. The van der Waals surface area contributed by atoms with Crippen LogP contribution in [0.4, 0.5) is 14.5 Å². The molecule has 3 N–H and O–H groups in total. The maximum absolute atomic E-state index is 13.3. The standard InChI is InChI=1S/C12H16F2N2O/c1-3-12(15,4-2)11(17)16-10-8(13)6-5-7-9(10)14/h5-7H,3-4,15H2,1-2H3,(H,16,17). The molecule has 17 heavy (non-hydrogen) atoms. The van der Waals surface area contributed by atoms with Gasteiger partial charge in [0.2, 0.25) is 5.91 Å². The van der Waals surface area contributed by atoms with Crippen molar-refractivity contribution in [3.63, 3.8) is 0 Å². The van der Waals surface area contributed by atoms with E-state index in [1.54, 1.807) is 13.8 Å². The van der Waals surface area contributed by atoms with E-state index in [-0.39, 0.29) is 0 Å². The Hall–Kier alpha value is -1.49. The first-order chi connectivity index (χ1) is 7.94. The number of hydrogen-bond acceptors (Lipinski definition) is 2. The van der Waals surface area contributed by atoms with Crippen LogP contribution in [-0.4, -0.2) is 11.4 Å². The van der Waals surface area contributed by atoms with E-state index in [0.717, 1.165) is 12.1 Å². The minimum Gasteiger partial charge on any atom is -0.320 e. The molecule has 5 heteroatoms. The van der Waals surface area contributed by atoms with Crippen molar-refractivity contribution in [2.75, 3.05) is 5.32 Å². The Kier molecular flexibility index (Phi) is 4.17. The molecule has 0 radical (unpaired) electrons. The van der Waals surface area contributed by atoms with Crippen molar-refractivity contribution in [1.29, 1.82) is 0 Å². The summed E-state index contributed by atoms with van der Waals surface area (Å²) in [6.45, 7) is 3.50. The van der Waals surface area contributed by atoms with Crippen LogP contribution in [0.1, 0.15) is 26.7 Å². The highest BCUT2D eigenvalue weighted by atomic mass is 19.1. The summed E-state index contributed by atoms with van der Waals surface area (Å²) in [6.07, 6.45) is 0.789. The van der Waals surface area contributed by atoms with Crippen LogP contribution in [0.15, 0.2) is 18.2 Å². The van der Waals surface area contributed by atoms with Gasteiger partial charge in [-0.15, -0.1) is 0 Å². The number of nitrogens with two attached hydrogens (primary N) is 1. The zero-order chi connectivity index (χ0) is 13.1. The van der Waals surface area contributed by atoms with Crippen molar-refractivity contribution < 1.29 is 13.6 Å². The Morgan fingerprint density at radius 3 is 2.18 bits per heavy atom. The first-order valence-corrected chi connectivity index (χ1v) is 5.49. The number of hydrogen-bond donors (Lipinski definition) is 2. The van der Waals surface area contributed by atoms with E-state index in [9.17, 15) is 13.6 Å². The van der Waals surface area contributed by atoms with E-state index in [4.69, 9.17) is 5.73 Å². The highest BCUT2D eigenvalue weighted by Crippen LogP contribution is 2.21. The minimum absolute atomic E-state index is 0.394. The number of rotatable bonds is 4. The Balaban J connectivity index is 2.96. The zero-order valence-corrected chi connectivity index (χ0v) is 9.89. The first-order valence-electron chi connectivity index (χ1n) is 5.49. The molecule has 0 fully saturated rings. The van der Waals surface area contributed by atoms with Gasteiger partial charge in [0, 0.05) is 0 Å². The normalized spacial score (nSPS) is 11.4. The van der Waals surface area contributed by atoms with Gasteiger partial charge in [-0.25, -0.2) is 8.78 Å². The second kappa shape index (κ2) is 5.23. The molecule has 0 saturated carbocycles. The summed E-state index contributed by atoms with van der Waals surface area (Å²) in [5.74, 6) is -2.20. The van der Waals surface area contributed by atoms with Gasteiger partial charge in [0.05, 0.1) is 5.54 Å². The van der Waals surface area contributed by atoms with Gasteiger partial charge in [-0.3, -0.25) is 4.79 Å². The third kappa shape index (κ3) is 2.79. The number of anilines is 1. The molecule has 0 aliphatic heterocycles. The van der Waals surface area contributed by atoms with Crippen molar-refractivity contribution in [2.45, 2.75) is 32.2 Å². The van der Waals surface area contributed by atoms with Crippen molar-refractivity contribution in [3.05, 3.63) is 29.8 Å². The Morgan fingerprint density at radius 1 is 1.29 bits per heavy atom. The molecule has 0 aliphatic rings. The molecule has 0 aromatic heterocycles. The Bertz CT molecular complexity index is 397. The molecule has 1 rings (SSSR count). The molecule has 0 saturated heterocycles. The maximum Gasteiger partial charge on any atom is 0.244 e. The number of amides is 1. The van der Waals surface area contributed by atoms with Gasteiger partial charge < -0.3 is 11.1 Å². The predicted octanol–water partition coefficient (Wildman–Crippen LogP) is 2.42. The second-order valence-electron chi connectivity index (χ2n) is 3.91. The number of para-hydroxylation sites is 1. The molecule has 0 unspecified atom stereocenters. The van der Waals surface area contributed by atoms with Crippen LogP contribution in [0, 0.1) is 11.6 Å². The highest BCUT2D eigenvalue weighted by Gasteiger charge is 2.30. The summed E-state index contributed by atoms with van der Waals surface area (Å²) in [4.78, 5) is 11.8. The highest BCUT2D eigenvalue weighted by molar-refractivity contribution is 5.98. The van der Waals surface area contributed by atoms with Crippen LogP contribution in [0.3, 0.4) is 0 Å². The van der Waals surface area contributed by atoms with Crippen molar-refractivity contribution >= 4 is 11.6 Å². The number of carbonyl (C=O) groups is 1. The van der Waals surface area contributed by atoms with Gasteiger partial charge in [-0.1, -0.05) is 19.9 Å². The minimum atomic E-state index is -1.10. The third-order valence-electron chi connectivity index (χ3n) is 2.92. The Labute approximate surface area is 99.0 Å². The van der Waals surface area contributed by atoms with Crippen LogP contribution < -0.4 is 11.1 Å². The molecule has 3 nitrogen and oxygen atoms in total. The third-order valence-corrected chi connectivity index (χ3v) is 2.92. The lowest BCUT2D eigenvalue weighted by molar-refractivity contribution is -0.121. The van der Waals surface area contributed by atoms with E-state index in [1.807, 2.05) is 0 Å². The molecule has 0 spiro atoms. The zero-order valence-electron chi connectivity index (χ0n) is 9.89. The van der Waals surface area contributed by atoms with E-state index in [0.29, 0.717) is 12.8 Å². The fraction of sp³-hybridized carbons (Fsp3) is 0.417. The van der Waals surface area contributed by atoms with Crippen molar-refractivity contribution in [3.8, 4) is 0 Å². The molecule has 1 aromatic rings. The Morgan fingerprint density at radius 2 is 1.76 bits per heavy atom. The largest absolute Gasteiger partial charge is 0.320 e. The summed E-state index contributed by atoms with van der Waals surface area (Å²) in [6, 6.07) is 3.39. The van der Waals surface area contributed by atoms with Crippen LogP contribution >= 0.6 is 0 Å². The molecule has 94 valence electrons. The van der Waals surface area contributed by atoms with Crippen LogP contribution in [0.2, 0.25) is 0 Å². The monoisotopic (exact) mass is 242 g/mol. The number of nitrogens with one attached hydrogen (secondary N) is 1. The SMILES string of the molecule is CCC(N)(CC)C(=O)Nc1c(F)cccc1F. The molecular formula is C12H16F2N2O. The first kappa shape index (κ1) is 13.6. The lowest BCUT2D eigenvalue weighted by Gasteiger charge is -2.25. The quantitative estimate of drug-likeness (QED) is 0.852. The van der Waals surface area contributed by atoms with E-state index < -0.39 is 28.8 Å². The molecule has 1 aromatic carbocycles. The van der Waals surface area contributed by atoms with Gasteiger partial charge in [0.1, 0.15) is 17.3 Å². The summed E-state index contributed by atoms with van der Waals surface area (Å²) >= 11 is 0. The van der Waals surface area contributed by atoms with Crippen molar-refractivity contribution in [2.24, 2.45) is 5.73 Å². The van der Waals surface area contributed by atoms with Gasteiger partial charge in [-0.05, 0) is 25.0 Å². The van der Waals surface area contributed by atoms with Crippen LogP contribution in [0.5, 0.6) is 0 Å². The number of halogens is 2. The summed E-state index contributed by atoms with van der Waals surface area (Å²) in [7, 11) is 0. The van der Waals surface area contributed by atoms with Gasteiger partial charge in [0.15, 0.2) is 0 Å². The molecule has 0 atom stereocenters. The fourth-order valence-corrected chi connectivity index (χ4v) is 1.43. The number of carbonyl (C=O) groups excluding carboxylic acids is 1. The average molecular weight is 242 g/mol. The summed E-state index contributed by atoms with van der Waals surface area (Å²) < 4.78 is 26.6. The second-order valence-corrected chi connectivity index (χ2v) is 3.91. The van der Waals surface area contributed by atoms with E-state index >= 15 is 0 Å².